The molecule has 0 bridgehead atoms. The highest BCUT2D eigenvalue weighted by molar-refractivity contribution is 5.05. The molecule has 6 heteroatoms. The minimum Gasteiger partial charge on any atom is -0.310 e. The van der Waals surface area contributed by atoms with Crippen molar-refractivity contribution in [2.24, 2.45) is 0 Å². The van der Waals surface area contributed by atoms with E-state index in [-0.39, 0.29) is 5.54 Å². The van der Waals surface area contributed by atoms with Crippen LogP contribution in [0.15, 0.2) is 12.4 Å². The largest absolute Gasteiger partial charge is 0.390 e. The standard InChI is InChI=1S/C12H20F3N3/c1-9(5-12(13,14)15)16-6-10-7-17-18(8-10)11(2,3)4/h7-9,16H,5-6H2,1-4H3. The molecule has 1 unspecified atom stereocenters. The summed E-state index contributed by atoms with van der Waals surface area (Å²) in [7, 11) is 0. The first-order chi connectivity index (χ1) is 8.08. The molecule has 1 aromatic rings. The van der Waals surface area contributed by atoms with E-state index in [1.54, 1.807) is 10.9 Å². The fraction of sp³-hybridized carbons (Fsp3) is 0.750. The number of hydrogen-bond acceptors (Lipinski definition) is 2. The number of hydrogen-bond donors (Lipinski definition) is 1. The quantitative estimate of drug-likeness (QED) is 0.904. The van der Waals surface area contributed by atoms with Crippen LogP contribution >= 0.6 is 0 Å². The Labute approximate surface area is 105 Å². The van der Waals surface area contributed by atoms with Gasteiger partial charge in [0.25, 0.3) is 0 Å². The van der Waals surface area contributed by atoms with Gasteiger partial charge in [-0.2, -0.15) is 18.3 Å². The molecule has 0 aliphatic heterocycles. The van der Waals surface area contributed by atoms with Crippen LogP contribution in [-0.4, -0.2) is 22.0 Å². The molecule has 0 radical (unpaired) electrons. The number of halogens is 3. The Morgan fingerprint density at radius 1 is 1.33 bits per heavy atom. The van der Waals surface area contributed by atoms with E-state index in [1.807, 2.05) is 27.0 Å². The zero-order valence-electron chi connectivity index (χ0n) is 11.2. The topological polar surface area (TPSA) is 29.9 Å². The highest BCUT2D eigenvalue weighted by atomic mass is 19.4. The van der Waals surface area contributed by atoms with Crippen molar-refractivity contribution in [3.05, 3.63) is 18.0 Å². The van der Waals surface area contributed by atoms with Gasteiger partial charge in [0.2, 0.25) is 0 Å². The number of rotatable bonds is 4. The molecular weight excluding hydrogens is 243 g/mol. The van der Waals surface area contributed by atoms with Gasteiger partial charge in [0.05, 0.1) is 18.2 Å². The molecule has 0 spiro atoms. The van der Waals surface area contributed by atoms with E-state index in [1.165, 1.54) is 6.92 Å². The Morgan fingerprint density at radius 3 is 2.39 bits per heavy atom. The third-order valence-electron chi connectivity index (χ3n) is 2.52. The lowest BCUT2D eigenvalue weighted by molar-refractivity contribution is -0.139. The second-order valence-electron chi connectivity index (χ2n) is 5.57. The lowest BCUT2D eigenvalue weighted by Gasteiger charge is -2.19. The van der Waals surface area contributed by atoms with Crippen LogP contribution in [0.1, 0.15) is 39.7 Å². The average Bonchev–Trinajstić information content (AvgIpc) is 2.59. The van der Waals surface area contributed by atoms with E-state index in [2.05, 4.69) is 10.4 Å². The van der Waals surface area contributed by atoms with E-state index in [0.29, 0.717) is 6.54 Å². The van der Waals surface area contributed by atoms with Gasteiger partial charge in [0.1, 0.15) is 0 Å². The molecule has 0 amide bonds. The van der Waals surface area contributed by atoms with Gasteiger partial charge in [0, 0.05) is 24.3 Å². The second kappa shape index (κ2) is 5.30. The summed E-state index contributed by atoms with van der Waals surface area (Å²) in [5.41, 5.74) is 0.773. The van der Waals surface area contributed by atoms with Gasteiger partial charge >= 0.3 is 6.18 Å². The predicted molar refractivity (Wildman–Crippen MR) is 64.2 cm³/mol. The van der Waals surface area contributed by atoms with Crippen molar-refractivity contribution >= 4 is 0 Å². The first kappa shape index (κ1) is 15.0. The first-order valence-corrected chi connectivity index (χ1v) is 5.92. The van der Waals surface area contributed by atoms with Gasteiger partial charge in [-0.05, 0) is 27.7 Å². The van der Waals surface area contributed by atoms with Crippen LogP contribution < -0.4 is 5.32 Å². The van der Waals surface area contributed by atoms with Gasteiger partial charge in [-0.3, -0.25) is 4.68 Å². The molecule has 3 nitrogen and oxygen atoms in total. The van der Waals surface area contributed by atoms with Gasteiger partial charge in [-0.15, -0.1) is 0 Å². The van der Waals surface area contributed by atoms with Crippen LogP contribution in [0, 0.1) is 0 Å². The molecule has 1 aromatic heterocycles. The van der Waals surface area contributed by atoms with Gasteiger partial charge in [0.15, 0.2) is 0 Å². The smallest absolute Gasteiger partial charge is 0.310 e. The summed E-state index contributed by atoms with van der Waals surface area (Å²) in [6, 6.07) is -0.594. The third kappa shape index (κ3) is 5.08. The monoisotopic (exact) mass is 263 g/mol. The minimum absolute atomic E-state index is 0.115. The predicted octanol–water partition coefficient (Wildman–Crippen LogP) is 3.07. The summed E-state index contributed by atoms with van der Waals surface area (Å²) >= 11 is 0. The summed E-state index contributed by atoms with van der Waals surface area (Å²) in [5.74, 6) is 0. The molecule has 1 heterocycles. The zero-order chi connectivity index (χ0) is 14.0. The van der Waals surface area contributed by atoms with Crippen LogP contribution in [0.5, 0.6) is 0 Å². The molecule has 104 valence electrons. The SMILES string of the molecule is CC(CC(F)(F)F)NCc1cnn(C(C)(C)C)c1. The van der Waals surface area contributed by atoms with Crippen LogP contribution in [0.2, 0.25) is 0 Å². The van der Waals surface area contributed by atoms with E-state index in [9.17, 15) is 13.2 Å². The number of nitrogens with one attached hydrogen (secondary N) is 1. The van der Waals surface area contributed by atoms with E-state index < -0.39 is 18.6 Å². The van der Waals surface area contributed by atoms with Crippen LogP contribution in [0.25, 0.3) is 0 Å². The third-order valence-corrected chi connectivity index (χ3v) is 2.52. The van der Waals surface area contributed by atoms with E-state index >= 15 is 0 Å². The maximum absolute atomic E-state index is 12.1. The fourth-order valence-electron chi connectivity index (χ4n) is 1.53. The van der Waals surface area contributed by atoms with Crippen molar-refractivity contribution in [1.29, 1.82) is 0 Å². The molecule has 1 rings (SSSR count). The first-order valence-electron chi connectivity index (χ1n) is 5.92. The lowest BCUT2D eigenvalue weighted by Crippen LogP contribution is -2.30. The average molecular weight is 263 g/mol. The van der Waals surface area contributed by atoms with Crippen LogP contribution in [-0.2, 0) is 12.1 Å². The molecule has 0 saturated carbocycles. The Morgan fingerprint density at radius 2 is 1.94 bits per heavy atom. The second-order valence-corrected chi connectivity index (χ2v) is 5.57. The van der Waals surface area contributed by atoms with Gasteiger partial charge in [-0.25, -0.2) is 0 Å². The van der Waals surface area contributed by atoms with Crippen molar-refractivity contribution in [3.8, 4) is 0 Å². The highest BCUT2D eigenvalue weighted by Crippen LogP contribution is 2.21. The van der Waals surface area contributed by atoms with E-state index in [0.717, 1.165) is 5.56 Å². The number of nitrogens with zero attached hydrogens (tertiary/aromatic N) is 2. The maximum Gasteiger partial charge on any atom is 0.390 e. The Kier molecular flexibility index (Phi) is 4.42. The minimum atomic E-state index is -4.12. The van der Waals surface area contributed by atoms with Crippen molar-refractivity contribution in [2.45, 2.75) is 58.4 Å². The van der Waals surface area contributed by atoms with Gasteiger partial charge < -0.3 is 5.32 Å². The summed E-state index contributed by atoms with van der Waals surface area (Å²) < 4.78 is 38.2. The molecule has 0 fully saturated rings. The molecule has 18 heavy (non-hydrogen) atoms. The van der Waals surface area contributed by atoms with Crippen molar-refractivity contribution in [1.82, 2.24) is 15.1 Å². The fourth-order valence-corrected chi connectivity index (χ4v) is 1.53. The highest BCUT2D eigenvalue weighted by Gasteiger charge is 2.29. The Bertz CT molecular complexity index is 377. The normalized spacial score (nSPS) is 14.8. The van der Waals surface area contributed by atoms with E-state index in [4.69, 9.17) is 0 Å². The summed E-state index contributed by atoms with van der Waals surface area (Å²) in [5, 5.41) is 7.04. The van der Waals surface area contributed by atoms with Crippen molar-refractivity contribution < 1.29 is 13.2 Å². The zero-order valence-corrected chi connectivity index (χ0v) is 11.2. The molecular formula is C12H20F3N3. The van der Waals surface area contributed by atoms with Gasteiger partial charge in [-0.1, -0.05) is 0 Å². The summed E-state index contributed by atoms with van der Waals surface area (Å²) in [6.45, 7) is 7.98. The number of aromatic nitrogens is 2. The van der Waals surface area contributed by atoms with Crippen LogP contribution in [0.4, 0.5) is 13.2 Å². The lowest BCUT2D eigenvalue weighted by atomic mass is 10.1. The van der Waals surface area contributed by atoms with Crippen molar-refractivity contribution in [2.75, 3.05) is 0 Å². The Balaban J connectivity index is 2.47. The summed E-state index contributed by atoms with van der Waals surface area (Å²) in [4.78, 5) is 0. The summed E-state index contributed by atoms with van der Waals surface area (Å²) in [6.07, 6.45) is -1.41. The molecule has 1 N–H and O–H groups in total. The maximum atomic E-state index is 12.1. The number of alkyl halides is 3. The molecule has 1 atom stereocenters. The molecule has 0 aliphatic carbocycles. The van der Waals surface area contributed by atoms with Crippen LogP contribution in [0.3, 0.4) is 0 Å². The molecule has 0 aliphatic rings. The van der Waals surface area contributed by atoms with Crippen molar-refractivity contribution in [3.63, 3.8) is 0 Å². The molecule has 0 saturated heterocycles. The molecule has 0 aromatic carbocycles. The Hall–Kier alpha value is -1.04.